The highest BCUT2D eigenvalue weighted by Gasteiger charge is 2.27. The van der Waals surface area contributed by atoms with E-state index in [-0.39, 0.29) is 5.92 Å². The molecule has 0 spiro atoms. The molecule has 0 aliphatic heterocycles. The van der Waals surface area contributed by atoms with Gasteiger partial charge in [0.25, 0.3) is 0 Å². The van der Waals surface area contributed by atoms with Crippen molar-refractivity contribution < 1.29 is 9.90 Å². The largest absolute Gasteiger partial charge is 0.481 e. The molecule has 0 aromatic rings. The molecule has 2 heteroatoms. The molecule has 1 N–H and O–H groups in total. The van der Waals surface area contributed by atoms with Crippen LogP contribution in [0.2, 0.25) is 0 Å². The lowest BCUT2D eigenvalue weighted by Crippen LogP contribution is -2.08. The Kier molecular flexibility index (Phi) is 2.10. The smallest absolute Gasteiger partial charge is 0.306 e. The first-order valence-corrected chi connectivity index (χ1v) is 3.59. The van der Waals surface area contributed by atoms with E-state index in [9.17, 15) is 4.79 Å². The van der Waals surface area contributed by atoms with Crippen LogP contribution in [-0.4, -0.2) is 11.1 Å². The van der Waals surface area contributed by atoms with Gasteiger partial charge in [0.1, 0.15) is 0 Å². The lowest BCUT2D eigenvalue weighted by molar-refractivity contribution is -0.141. The lowest BCUT2D eigenvalue weighted by Gasteiger charge is -2.00. The number of rotatable bonds is 2. The molecule has 1 saturated carbocycles. The van der Waals surface area contributed by atoms with Gasteiger partial charge in [0.05, 0.1) is 5.92 Å². The number of hydrogen-bond acceptors (Lipinski definition) is 1. The monoisotopic (exact) mass is 140 g/mol. The normalized spacial score (nSPS) is 32.0. The van der Waals surface area contributed by atoms with Crippen molar-refractivity contribution in [2.75, 3.05) is 0 Å². The van der Waals surface area contributed by atoms with Gasteiger partial charge in [0, 0.05) is 0 Å². The summed E-state index contributed by atoms with van der Waals surface area (Å²) < 4.78 is 0. The highest BCUT2D eigenvalue weighted by Crippen LogP contribution is 2.31. The van der Waals surface area contributed by atoms with Crippen molar-refractivity contribution >= 4 is 5.97 Å². The fraction of sp³-hybridized carbons (Fsp3) is 0.625. The summed E-state index contributed by atoms with van der Waals surface area (Å²) in [7, 11) is 0. The molecule has 1 aliphatic rings. The van der Waals surface area contributed by atoms with Crippen molar-refractivity contribution in [1.29, 1.82) is 0 Å². The minimum Gasteiger partial charge on any atom is -0.481 e. The van der Waals surface area contributed by atoms with Crippen LogP contribution in [0.25, 0.3) is 0 Å². The average Bonchev–Trinajstić information content (AvgIpc) is 2.34. The molecule has 0 radical (unpaired) electrons. The van der Waals surface area contributed by atoms with E-state index in [1.54, 1.807) is 0 Å². The summed E-state index contributed by atoms with van der Waals surface area (Å²) in [5.74, 6) is -0.312. The van der Waals surface area contributed by atoms with Gasteiger partial charge >= 0.3 is 5.97 Å². The van der Waals surface area contributed by atoms with E-state index in [1.807, 2.05) is 6.08 Å². The van der Waals surface area contributed by atoms with E-state index < -0.39 is 5.97 Å². The first-order valence-electron chi connectivity index (χ1n) is 3.59. The zero-order chi connectivity index (χ0) is 7.56. The molecular weight excluding hydrogens is 128 g/mol. The van der Waals surface area contributed by atoms with Crippen molar-refractivity contribution in [1.82, 2.24) is 0 Å². The standard InChI is InChI=1S/C8H12O2/c1-2-6-3-4-7(5-6)8(9)10/h2,6-7H,1,3-5H2,(H,9,10)/t6-,7+/m0/s1. The molecule has 1 fully saturated rings. The summed E-state index contributed by atoms with van der Waals surface area (Å²) in [6.45, 7) is 3.64. The number of carboxylic acid groups (broad SMARTS) is 1. The van der Waals surface area contributed by atoms with Gasteiger partial charge in [-0.3, -0.25) is 4.79 Å². The van der Waals surface area contributed by atoms with Gasteiger partial charge in [-0.1, -0.05) is 6.08 Å². The number of carbonyl (C=O) groups is 1. The van der Waals surface area contributed by atoms with Crippen LogP contribution in [0, 0.1) is 11.8 Å². The van der Waals surface area contributed by atoms with Crippen molar-refractivity contribution in [2.24, 2.45) is 11.8 Å². The molecule has 1 rings (SSSR count). The Morgan fingerprint density at radius 3 is 2.60 bits per heavy atom. The summed E-state index contributed by atoms with van der Waals surface area (Å²) >= 11 is 0. The molecule has 0 unspecified atom stereocenters. The van der Waals surface area contributed by atoms with Crippen LogP contribution < -0.4 is 0 Å². The molecule has 0 heterocycles. The predicted octanol–water partition coefficient (Wildman–Crippen LogP) is 1.67. The topological polar surface area (TPSA) is 37.3 Å². The second kappa shape index (κ2) is 2.86. The summed E-state index contributed by atoms with van der Waals surface area (Å²) in [5.41, 5.74) is 0. The third-order valence-electron chi connectivity index (χ3n) is 2.16. The maximum absolute atomic E-state index is 10.4. The van der Waals surface area contributed by atoms with Crippen LogP contribution >= 0.6 is 0 Å². The third kappa shape index (κ3) is 1.38. The van der Waals surface area contributed by atoms with E-state index in [4.69, 9.17) is 5.11 Å². The molecule has 0 aromatic carbocycles. The Hall–Kier alpha value is -0.790. The Morgan fingerprint density at radius 2 is 2.30 bits per heavy atom. The van der Waals surface area contributed by atoms with Crippen LogP contribution in [0.15, 0.2) is 12.7 Å². The second-order valence-corrected chi connectivity index (χ2v) is 2.84. The zero-order valence-electron chi connectivity index (χ0n) is 5.92. The highest BCUT2D eigenvalue weighted by atomic mass is 16.4. The fourth-order valence-corrected chi connectivity index (χ4v) is 1.45. The van der Waals surface area contributed by atoms with E-state index in [1.165, 1.54) is 0 Å². The number of hydrogen-bond donors (Lipinski definition) is 1. The maximum atomic E-state index is 10.4. The molecule has 2 atom stereocenters. The Labute approximate surface area is 60.6 Å². The molecule has 0 bridgehead atoms. The van der Waals surface area contributed by atoms with Crippen molar-refractivity contribution in [3.8, 4) is 0 Å². The van der Waals surface area contributed by atoms with Gasteiger partial charge in [-0.25, -0.2) is 0 Å². The minimum absolute atomic E-state index is 0.108. The van der Waals surface area contributed by atoms with E-state index in [0.717, 1.165) is 19.3 Å². The maximum Gasteiger partial charge on any atom is 0.306 e. The number of allylic oxidation sites excluding steroid dienone is 1. The zero-order valence-corrected chi connectivity index (χ0v) is 5.92. The van der Waals surface area contributed by atoms with Gasteiger partial charge in [-0.2, -0.15) is 0 Å². The van der Waals surface area contributed by atoms with E-state index in [0.29, 0.717) is 5.92 Å². The quantitative estimate of drug-likeness (QED) is 0.592. The molecule has 0 aromatic heterocycles. The first-order chi connectivity index (χ1) is 4.74. The van der Waals surface area contributed by atoms with Gasteiger partial charge < -0.3 is 5.11 Å². The summed E-state index contributed by atoms with van der Waals surface area (Å²) in [6, 6.07) is 0. The minimum atomic E-state index is -0.649. The van der Waals surface area contributed by atoms with Crippen LogP contribution in [-0.2, 0) is 4.79 Å². The molecule has 2 nitrogen and oxygen atoms in total. The van der Waals surface area contributed by atoms with E-state index in [2.05, 4.69) is 6.58 Å². The SMILES string of the molecule is C=C[C@H]1CC[C@@H](C(=O)O)C1. The molecule has 1 aliphatic carbocycles. The summed E-state index contributed by atoms with van der Waals surface area (Å²) in [5, 5.41) is 8.59. The summed E-state index contributed by atoms with van der Waals surface area (Å²) in [6.07, 6.45) is 4.48. The third-order valence-corrected chi connectivity index (χ3v) is 2.16. The first kappa shape index (κ1) is 7.32. The highest BCUT2D eigenvalue weighted by molar-refractivity contribution is 5.70. The Bertz CT molecular complexity index is 151. The van der Waals surface area contributed by atoms with Crippen molar-refractivity contribution in [3.05, 3.63) is 12.7 Å². The molecule has 56 valence electrons. The lowest BCUT2D eigenvalue weighted by atomic mass is 10.1. The Balaban J connectivity index is 2.42. The predicted molar refractivity (Wildman–Crippen MR) is 38.7 cm³/mol. The van der Waals surface area contributed by atoms with Crippen LogP contribution in [0.5, 0.6) is 0 Å². The van der Waals surface area contributed by atoms with Gasteiger partial charge in [-0.05, 0) is 25.2 Å². The van der Waals surface area contributed by atoms with Gasteiger partial charge in [-0.15, -0.1) is 6.58 Å². The molecule has 0 amide bonds. The van der Waals surface area contributed by atoms with Crippen LogP contribution in [0.4, 0.5) is 0 Å². The summed E-state index contributed by atoms with van der Waals surface area (Å²) in [4.78, 5) is 10.4. The second-order valence-electron chi connectivity index (χ2n) is 2.84. The Morgan fingerprint density at radius 1 is 1.60 bits per heavy atom. The van der Waals surface area contributed by atoms with E-state index >= 15 is 0 Å². The number of aliphatic carboxylic acids is 1. The molecule has 10 heavy (non-hydrogen) atoms. The van der Waals surface area contributed by atoms with Crippen molar-refractivity contribution in [2.45, 2.75) is 19.3 Å². The molecular formula is C8H12O2. The molecule has 0 saturated heterocycles. The fourth-order valence-electron chi connectivity index (χ4n) is 1.45. The van der Waals surface area contributed by atoms with Crippen LogP contribution in [0.3, 0.4) is 0 Å². The van der Waals surface area contributed by atoms with Gasteiger partial charge in [0.15, 0.2) is 0 Å². The van der Waals surface area contributed by atoms with Crippen LogP contribution in [0.1, 0.15) is 19.3 Å². The average molecular weight is 140 g/mol. The number of carboxylic acids is 1. The van der Waals surface area contributed by atoms with Gasteiger partial charge in [0.2, 0.25) is 0 Å². The van der Waals surface area contributed by atoms with Crippen molar-refractivity contribution in [3.63, 3.8) is 0 Å².